The molecule has 2 unspecified atom stereocenters. The molecule has 2 aliphatic rings. The van der Waals surface area contributed by atoms with E-state index in [-0.39, 0.29) is 23.8 Å². The first-order valence-electron chi connectivity index (χ1n) is 11.4. The van der Waals surface area contributed by atoms with E-state index < -0.39 is 11.7 Å². The number of aliphatic imine (C=N–C) groups is 1. The number of alkyl halides is 3. The largest absolute Gasteiger partial charge is 0.416 e. The predicted molar refractivity (Wildman–Crippen MR) is 124 cm³/mol. The summed E-state index contributed by atoms with van der Waals surface area (Å²) in [6, 6.07) is 13.4. The molecule has 2 fully saturated rings. The number of benzene rings is 2. The zero-order valence-corrected chi connectivity index (χ0v) is 19.0. The van der Waals surface area contributed by atoms with Gasteiger partial charge < -0.3 is 20.3 Å². The molecule has 2 N–H and O–H groups in total. The van der Waals surface area contributed by atoms with Crippen LogP contribution >= 0.6 is 0 Å². The second-order valence-electron chi connectivity index (χ2n) is 8.70. The van der Waals surface area contributed by atoms with E-state index in [1.54, 1.807) is 34.1 Å². The lowest BCUT2D eigenvalue weighted by Gasteiger charge is -2.40. The first-order valence-corrected chi connectivity index (χ1v) is 11.4. The van der Waals surface area contributed by atoms with Gasteiger partial charge in [-0.1, -0.05) is 24.3 Å². The molecule has 184 valence electrons. The zero-order chi connectivity index (χ0) is 25.0. The molecule has 4 rings (SSSR count). The van der Waals surface area contributed by atoms with Crippen LogP contribution < -0.4 is 5.73 Å². The molecule has 7 nitrogen and oxygen atoms in total. The van der Waals surface area contributed by atoms with Crippen molar-refractivity contribution in [2.75, 3.05) is 39.4 Å². The standard InChI is InChI=1S/C25H26F3N5O2/c26-25(27,28)21-6-4-18(5-7-21)20-13-22(31-23(30)19-3-1-2-17(12-19)14-29)16-33(15-20)24(34)32-8-10-35-11-9-32/h1-7,12,20,22H,8-11,13,15-16H2,(H2,30,31). The summed E-state index contributed by atoms with van der Waals surface area (Å²) >= 11 is 0. The first-order chi connectivity index (χ1) is 16.7. The van der Waals surface area contributed by atoms with E-state index in [9.17, 15) is 18.0 Å². The number of amidine groups is 1. The van der Waals surface area contributed by atoms with E-state index >= 15 is 0 Å². The molecule has 0 saturated carbocycles. The minimum atomic E-state index is -4.41. The Kier molecular flexibility index (Phi) is 7.26. The number of hydrogen-bond acceptors (Lipinski definition) is 4. The maximum Gasteiger partial charge on any atom is 0.416 e. The number of carbonyl (C=O) groups is 1. The average molecular weight is 486 g/mol. The van der Waals surface area contributed by atoms with Gasteiger partial charge in [0.25, 0.3) is 0 Å². The van der Waals surface area contributed by atoms with Crippen molar-refractivity contribution < 1.29 is 22.7 Å². The number of ether oxygens (including phenoxy) is 1. The highest BCUT2D eigenvalue weighted by Crippen LogP contribution is 2.33. The summed E-state index contributed by atoms with van der Waals surface area (Å²) in [6.07, 6.45) is -3.89. The van der Waals surface area contributed by atoms with Crippen LogP contribution in [0.25, 0.3) is 0 Å². The van der Waals surface area contributed by atoms with Gasteiger partial charge in [-0.2, -0.15) is 18.4 Å². The summed E-state index contributed by atoms with van der Waals surface area (Å²) in [6.45, 7) is 2.61. The van der Waals surface area contributed by atoms with E-state index in [2.05, 4.69) is 11.1 Å². The highest BCUT2D eigenvalue weighted by Gasteiger charge is 2.35. The Morgan fingerprint density at radius 1 is 1.09 bits per heavy atom. The third-order valence-corrected chi connectivity index (χ3v) is 6.30. The lowest BCUT2D eigenvalue weighted by molar-refractivity contribution is -0.137. The molecule has 0 radical (unpaired) electrons. The van der Waals surface area contributed by atoms with Crippen LogP contribution in [0.3, 0.4) is 0 Å². The average Bonchev–Trinajstić information content (AvgIpc) is 2.88. The number of nitriles is 1. The lowest BCUT2D eigenvalue weighted by atomic mass is 9.87. The van der Waals surface area contributed by atoms with E-state index in [1.165, 1.54) is 12.1 Å². The highest BCUT2D eigenvalue weighted by atomic mass is 19.4. The topological polar surface area (TPSA) is 94.9 Å². The van der Waals surface area contributed by atoms with Crippen molar-refractivity contribution >= 4 is 11.9 Å². The van der Waals surface area contributed by atoms with Gasteiger partial charge in [0, 0.05) is 37.7 Å². The van der Waals surface area contributed by atoms with Crippen molar-refractivity contribution in [3.8, 4) is 6.07 Å². The minimum absolute atomic E-state index is 0.143. The molecule has 0 spiro atoms. The van der Waals surface area contributed by atoms with Crippen LogP contribution in [-0.2, 0) is 10.9 Å². The molecule has 2 atom stereocenters. The number of hydrogen-bond donors (Lipinski definition) is 1. The second-order valence-corrected chi connectivity index (χ2v) is 8.70. The van der Waals surface area contributed by atoms with Crippen molar-refractivity contribution in [1.29, 1.82) is 5.26 Å². The fourth-order valence-corrected chi connectivity index (χ4v) is 4.48. The number of nitrogens with zero attached hydrogens (tertiary/aromatic N) is 4. The van der Waals surface area contributed by atoms with E-state index in [0.717, 1.165) is 12.1 Å². The van der Waals surface area contributed by atoms with Crippen LogP contribution in [0, 0.1) is 11.3 Å². The number of halogens is 3. The Bertz CT molecular complexity index is 1120. The minimum Gasteiger partial charge on any atom is -0.383 e. The molecule has 0 aromatic heterocycles. The molecule has 2 saturated heterocycles. The lowest BCUT2D eigenvalue weighted by Crippen LogP contribution is -2.53. The van der Waals surface area contributed by atoms with Gasteiger partial charge in [-0.25, -0.2) is 4.79 Å². The summed E-state index contributed by atoms with van der Waals surface area (Å²) in [7, 11) is 0. The van der Waals surface area contributed by atoms with Crippen LogP contribution in [0.5, 0.6) is 0 Å². The monoisotopic (exact) mass is 485 g/mol. The number of nitrogens with two attached hydrogens (primary N) is 1. The van der Waals surface area contributed by atoms with Gasteiger partial charge in [0.15, 0.2) is 0 Å². The van der Waals surface area contributed by atoms with Crippen molar-refractivity contribution in [2.24, 2.45) is 10.7 Å². The molecule has 2 aromatic rings. The third kappa shape index (κ3) is 5.92. The molecule has 35 heavy (non-hydrogen) atoms. The van der Waals surface area contributed by atoms with Gasteiger partial charge in [-0.3, -0.25) is 4.99 Å². The number of urea groups is 1. The van der Waals surface area contributed by atoms with Gasteiger partial charge in [0.05, 0.1) is 36.5 Å². The molecule has 0 aliphatic carbocycles. The Hall–Kier alpha value is -3.58. The quantitative estimate of drug-likeness (QED) is 0.531. The van der Waals surface area contributed by atoms with E-state index in [0.29, 0.717) is 62.5 Å². The van der Waals surface area contributed by atoms with Crippen molar-refractivity contribution in [3.63, 3.8) is 0 Å². The predicted octanol–water partition coefficient (Wildman–Crippen LogP) is 3.59. The summed E-state index contributed by atoms with van der Waals surface area (Å²) < 4.78 is 44.5. The van der Waals surface area contributed by atoms with Crippen LogP contribution in [-0.4, -0.2) is 67.1 Å². The van der Waals surface area contributed by atoms with Gasteiger partial charge in [-0.15, -0.1) is 0 Å². The number of carbonyl (C=O) groups excluding carboxylic acids is 1. The summed E-state index contributed by atoms with van der Waals surface area (Å²) in [5.74, 6) is 0.0435. The molecular formula is C25H26F3N5O2. The van der Waals surface area contributed by atoms with E-state index in [1.807, 2.05) is 0 Å². The molecule has 2 aromatic carbocycles. The Labute approximate surface area is 201 Å². The second kappa shape index (κ2) is 10.4. The molecule has 2 heterocycles. The first kappa shape index (κ1) is 24.5. The Morgan fingerprint density at radius 3 is 2.46 bits per heavy atom. The molecule has 10 heteroatoms. The molecule has 2 amide bonds. The van der Waals surface area contributed by atoms with Gasteiger partial charge in [0.1, 0.15) is 5.84 Å². The zero-order valence-electron chi connectivity index (χ0n) is 19.0. The SMILES string of the molecule is N#Cc1cccc(C(N)=NC2CC(c3ccc(C(F)(F)F)cc3)CN(C(=O)N3CCOCC3)C2)c1. The summed E-state index contributed by atoms with van der Waals surface area (Å²) in [5, 5.41) is 9.16. The fourth-order valence-electron chi connectivity index (χ4n) is 4.48. The summed E-state index contributed by atoms with van der Waals surface area (Å²) in [5.41, 5.74) is 7.31. The van der Waals surface area contributed by atoms with Gasteiger partial charge in [-0.05, 0) is 36.2 Å². The number of amides is 2. The van der Waals surface area contributed by atoms with Gasteiger partial charge in [0.2, 0.25) is 0 Å². The number of likely N-dealkylation sites (tertiary alicyclic amines) is 1. The smallest absolute Gasteiger partial charge is 0.383 e. The van der Waals surface area contributed by atoms with Gasteiger partial charge >= 0.3 is 12.2 Å². The van der Waals surface area contributed by atoms with Crippen molar-refractivity contribution in [2.45, 2.75) is 24.6 Å². The Balaban J connectivity index is 1.60. The fraction of sp³-hybridized carbons (Fsp3) is 0.400. The number of piperidine rings is 1. The normalized spacial score (nSPS) is 21.5. The molecule has 0 bridgehead atoms. The van der Waals surface area contributed by atoms with Crippen LogP contribution in [0.2, 0.25) is 0 Å². The molecular weight excluding hydrogens is 459 g/mol. The highest BCUT2D eigenvalue weighted by molar-refractivity contribution is 5.97. The third-order valence-electron chi connectivity index (χ3n) is 6.30. The maximum absolute atomic E-state index is 13.2. The number of rotatable bonds is 3. The van der Waals surface area contributed by atoms with Crippen LogP contribution in [0.4, 0.5) is 18.0 Å². The molecule has 2 aliphatic heterocycles. The van der Waals surface area contributed by atoms with Crippen molar-refractivity contribution in [3.05, 3.63) is 70.8 Å². The summed E-state index contributed by atoms with van der Waals surface area (Å²) in [4.78, 5) is 21.3. The number of morpholine rings is 1. The van der Waals surface area contributed by atoms with Crippen molar-refractivity contribution in [1.82, 2.24) is 9.80 Å². The Morgan fingerprint density at radius 2 is 1.80 bits per heavy atom. The van der Waals surface area contributed by atoms with Crippen LogP contribution in [0.15, 0.2) is 53.5 Å². The van der Waals surface area contributed by atoms with Crippen LogP contribution in [0.1, 0.15) is 34.6 Å². The maximum atomic E-state index is 13.2. The van der Waals surface area contributed by atoms with E-state index in [4.69, 9.17) is 15.7 Å².